The van der Waals surface area contributed by atoms with E-state index in [1.54, 1.807) is 12.3 Å². The normalized spacial score (nSPS) is 12.1. The number of quaternary nitrogens is 1. The SMILES string of the molecule is Cc1cc(C)c(NC(=O)C[NH+](C)Cc2ccc([O-])c3ncccc23)c(C)c1. The zero-order chi connectivity index (χ0) is 19.6. The van der Waals surface area contributed by atoms with Crippen molar-refractivity contribution in [3.63, 3.8) is 0 Å². The van der Waals surface area contributed by atoms with Crippen molar-refractivity contribution in [2.45, 2.75) is 27.3 Å². The summed E-state index contributed by atoms with van der Waals surface area (Å²) in [6.07, 6.45) is 1.63. The molecule has 0 aliphatic carbocycles. The Bertz CT molecular complexity index is 975. The number of hydrogen-bond donors (Lipinski definition) is 2. The number of nitrogens with zero attached hydrogens (tertiary/aromatic N) is 1. The van der Waals surface area contributed by atoms with Gasteiger partial charge in [-0.3, -0.25) is 9.78 Å². The monoisotopic (exact) mass is 363 g/mol. The summed E-state index contributed by atoms with van der Waals surface area (Å²) in [5.41, 5.74) is 5.73. The Morgan fingerprint density at radius 2 is 1.85 bits per heavy atom. The molecule has 0 aliphatic rings. The average molecular weight is 363 g/mol. The van der Waals surface area contributed by atoms with E-state index >= 15 is 0 Å². The van der Waals surface area contributed by atoms with Crippen molar-refractivity contribution < 1.29 is 14.8 Å². The Kier molecular flexibility index (Phi) is 5.42. The summed E-state index contributed by atoms with van der Waals surface area (Å²) in [4.78, 5) is 17.8. The van der Waals surface area contributed by atoms with Gasteiger partial charge in [0.2, 0.25) is 0 Å². The van der Waals surface area contributed by atoms with Crippen molar-refractivity contribution in [2.24, 2.45) is 0 Å². The second-order valence-corrected chi connectivity index (χ2v) is 7.25. The van der Waals surface area contributed by atoms with Crippen LogP contribution in [0, 0.1) is 20.8 Å². The highest BCUT2D eigenvalue weighted by molar-refractivity contribution is 5.93. The number of aromatic nitrogens is 1. The van der Waals surface area contributed by atoms with Crippen molar-refractivity contribution in [1.82, 2.24) is 4.98 Å². The lowest BCUT2D eigenvalue weighted by Crippen LogP contribution is -3.08. The molecule has 1 heterocycles. The first kappa shape index (κ1) is 18.9. The van der Waals surface area contributed by atoms with Crippen molar-refractivity contribution in [3.05, 3.63) is 64.8 Å². The minimum atomic E-state index is -0.0740. The van der Waals surface area contributed by atoms with Crippen LogP contribution in [0.3, 0.4) is 0 Å². The van der Waals surface area contributed by atoms with Crippen LogP contribution >= 0.6 is 0 Å². The lowest BCUT2D eigenvalue weighted by molar-refractivity contribution is -0.885. The number of anilines is 1. The van der Waals surface area contributed by atoms with E-state index in [9.17, 15) is 9.90 Å². The van der Waals surface area contributed by atoms with E-state index in [0.717, 1.165) is 32.7 Å². The van der Waals surface area contributed by atoms with E-state index in [4.69, 9.17) is 0 Å². The Hall–Kier alpha value is -2.92. The molecule has 0 bridgehead atoms. The van der Waals surface area contributed by atoms with Gasteiger partial charge in [0.25, 0.3) is 5.91 Å². The fraction of sp³-hybridized carbons (Fsp3) is 0.273. The van der Waals surface area contributed by atoms with E-state index < -0.39 is 0 Å². The summed E-state index contributed by atoms with van der Waals surface area (Å²) in [6, 6.07) is 11.3. The van der Waals surface area contributed by atoms with Crippen LogP contribution in [0.15, 0.2) is 42.6 Å². The van der Waals surface area contributed by atoms with Crippen LogP contribution in [0.5, 0.6) is 5.75 Å². The maximum Gasteiger partial charge on any atom is 0.279 e. The van der Waals surface area contributed by atoms with E-state index in [2.05, 4.69) is 29.4 Å². The molecular formula is C22H25N3O2. The molecule has 1 unspecified atom stereocenters. The first-order valence-electron chi connectivity index (χ1n) is 9.07. The number of likely N-dealkylation sites (N-methyl/N-ethyl adjacent to an activating group) is 1. The molecule has 0 saturated carbocycles. The average Bonchev–Trinajstić information content (AvgIpc) is 2.61. The van der Waals surface area contributed by atoms with Crippen LogP contribution in [0.1, 0.15) is 22.3 Å². The second kappa shape index (κ2) is 7.76. The molecule has 0 fully saturated rings. The van der Waals surface area contributed by atoms with Crippen LogP contribution in [0.25, 0.3) is 10.9 Å². The molecular weight excluding hydrogens is 338 g/mol. The number of nitrogens with one attached hydrogen (secondary N) is 2. The highest BCUT2D eigenvalue weighted by Crippen LogP contribution is 2.23. The fourth-order valence-corrected chi connectivity index (χ4v) is 3.58. The molecule has 0 saturated heterocycles. The highest BCUT2D eigenvalue weighted by Gasteiger charge is 2.15. The molecule has 140 valence electrons. The summed E-state index contributed by atoms with van der Waals surface area (Å²) in [5.74, 6) is -0.0968. The van der Waals surface area contributed by atoms with E-state index in [1.807, 2.05) is 39.1 Å². The molecule has 0 aliphatic heterocycles. The van der Waals surface area contributed by atoms with Crippen LogP contribution in [-0.4, -0.2) is 24.5 Å². The number of fused-ring (bicyclic) bond motifs is 1. The quantitative estimate of drug-likeness (QED) is 0.727. The molecule has 5 nitrogen and oxygen atoms in total. The lowest BCUT2D eigenvalue weighted by Gasteiger charge is -2.18. The Labute approximate surface area is 159 Å². The lowest BCUT2D eigenvalue weighted by atomic mass is 10.1. The zero-order valence-electron chi connectivity index (χ0n) is 16.2. The first-order chi connectivity index (χ1) is 12.8. The van der Waals surface area contributed by atoms with Gasteiger partial charge in [-0.2, -0.15) is 0 Å². The molecule has 27 heavy (non-hydrogen) atoms. The van der Waals surface area contributed by atoms with Crippen molar-refractivity contribution >= 4 is 22.5 Å². The third-order valence-electron chi connectivity index (χ3n) is 4.72. The first-order valence-corrected chi connectivity index (χ1v) is 9.07. The smallest absolute Gasteiger partial charge is 0.279 e. The molecule has 1 aromatic heterocycles. The Morgan fingerprint density at radius 3 is 2.56 bits per heavy atom. The predicted molar refractivity (Wildman–Crippen MR) is 106 cm³/mol. The van der Waals surface area contributed by atoms with Gasteiger partial charge in [-0.25, -0.2) is 0 Å². The van der Waals surface area contributed by atoms with Crippen LogP contribution in [-0.2, 0) is 11.3 Å². The van der Waals surface area contributed by atoms with Crippen molar-refractivity contribution in [2.75, 3.05) is 18.9 Å². The number of benzene rings is 2. The third kappa shape index (κ3) is 4.26. The molecule has 2 aromatic carbocycles. The second-order valence-electron chi connectivity index (χ2n) is 7.25. The Morgan fingerprint density at radius 1 is 1.15 bits per heavy atom. The molecule has 1 amide bonds. The highest BCUT2D eigenvalue weighted by atomic mass is 16.3. The number of aryl methyl sites for hydroxylation is 3. The minimum Gasteiger partial charge on any atom is -0.871 e. The molecule has 1 atom stereocenters. The van der Waals surface area contributed by atoms with Crippen LogP contribution in [0.4, 0.5) is 5.69 Å². The summed E-state index contributed by atoms with van der Waals surface area (Å²) >= 11 is 0. The number of carbonyl (C=O) groups is 1. The number of rotatable bonds is 5. The van der Waals surface area contributed by atoms with Gasteiger partial charge in [0.1, 0.15) is 6.54 Å². The number of pyridine rings is 1. The van der Waals surface area contributed by atoms with E-state index in [-0.39, 0.29) is 11.7 Å². The van der Waals surface area contributed by atoms with Crippen molar-refractivity contribution in [1.29, 1.82) is 0 Å². The number of carbonyl (C=O) groups excluding carboxylic acids is 1. The van der Waals surface area contributed by atoms with Gasteiger partial charge in [0, 0.05) is 22.8 Å². The van der Waals surface area contributed by atoms with E-state index in [1.165, 1.54) is 5.56 Å². The minimum absolute atomic E-state index is 0.0228. The van der Waals surface area contributed by atoms with Gasteiger partial charge in [-0.15, -0.1) is 0 Å². The third-order valence-corrected chi connectivity index (χ3v) is 4.72. The number of hydrogen-bond acceptors (Lipinski definition) is 3. The van der Waals surface area contributed by atoms with E-state index in [0.29, 0.717) is 18.6 Å². The zero-order valence-corrected chi connectivity index (χ0v) is 16.2. The summed E-state index contributed by atoms with van der Waals surface area (Å²) < 4.78 is 0. The maximum absolute atomic E-state index is 12.5. The summed E-state index contributed by atoms with van der Waals surface area (Å²) in [5, 5.41) is 15.9. The maximum atomic E-state index is 12.5. The summed E-state index contributed by atoms with van der Waals surface area (Å²) in [6.45, 7) is 7.05. The van der Waals surface area contributed by atoms with Gasteiger partial charge in [-0.1, -0.05) is 41.6 Å². The van der Waals surface area contributed by atoms with Crippen molar-refractivity contribution in [3.8, 4) is 5.75 Å². The number of amides is 1. The molecule has 3 aromatic rings. The molecule has 2 N–H and O–H groups in total. The molecule has 5 heteroatoms. The predicted octanol–water partition coefficient (Wildman–Crippen LogP) is 1.89. The summed E-state index contributed by atoms with van der Waals surface area (Å²) in [7, 11) is 1.97. The topological polar surface area (TPSA) is 69.5 Å². The standard InChI is InChI=1S/C22H25N3O2/c1-14-10-15(2)21(16(3)11-14)24-20(27)13-25(4)12-17-7-8-19(26)22-18(17)6-5-9-23-22/h5-11,26H,12-13H2,1-4H3,(H,24,27). The van der Waals surface area contributed by atoms with Gasteiger partial charge < -0.3 is 15.3 Å². The van der Waals surface area contributed by atoms with Gasteiger partial charge in [-0.05, 0) is 38.0 Å². The van der Waals surface area contributed by atoms with Gasteiger partial charge in [0.15, 0.2) is 6.54 Å². The van der Waals surface area contributed by atoms with Crippen LogP contribution < -0.4 is 15.3 Å². The van der Waals surface area contributed by atoms with Gasteiger partial charge in [0.05, 0.1) is 12.6 Å². The van der Waals surface area contributed by atoms with Gasteiger partial charge >= 0.3 is 0 Å². The largest absolute Gasteiger partial charge is 0.871 e. The van der Waals surface area contributed by atoms with Crippen LogP contribution in [0.2, 0.25) is 0 Å². The molecule has 0 radical (unpaired) electrons. The molecule has 3 rings (SSSR count). The molecule has 0 spiro atoms. The Balaban J connectivity index is 1.71. The fourth-order valence-electron chi connectivity index (χ4n) is 3.58.